The summed E-state index contributed by atoms with van der Waals surface area (Å²) in [4.78, 5) is 12.2. The Morgan fingerprint density at radius 1 is 0.773 bits per heavy atom. The van der Waals surface area contributed by atoms with Gasteiger partial charge in [0.2, 0.25) is 0 Å². The molecule has 22 heavy (non-hydrogen) atoms. The van der Waals surface area contributed by atoms with E-state index in [1.54, 1.807) is 18.2 Å². The summed E-state index contributed by atoms with van der Waals surface area (Å²) in [6.07, 6.45) is 0. The molecular weight excluding hydrogens is 319 g/mol. The van der Waals surface area contributed by atoms with Crippen LogP contribution < -0.4 is 10.6 Å². The first-order valence-electron chi connectivity index (χ1n) is 6.65. The van der Waals surface area contributed by atoms with Gasteiger partial charge in [-0.25, -0.2) is 4.79 Å². The first-order valence-corrected chi connectivity index (χ1v) is 7.40. The highest BCUT2D eigenvalue weighted by molar-refractivity contribution is 6.44. The molecule has 3 nitrogen and oxygen atoms in total. The molecule has 3 aromatic rings. The van der Waals surface area contributed by atoms with Gasteiger partial charge in [-0.15, -0.1) is 0 Å². The molecule has 0 spiro atoms. The first kappa shape index (κ1) is 14.7. The summed E-state index contributed by atoms with van der Waals surface area (Å²) in [6, 6.07) is 18.3. The Balaban J connectivity index is 1.83. The minimum atomic E-state index is -0.375. The zero-order chi connectivity index (χ0) is 15.5. The van der Waals surface area contributed by atoms with Gasteiger partial charge in [-0.3, -0.25) is 0 Å². The Labute approximate surface area is 137 Å². The summed E-state index contributed by atoms with van der Waals surface area (Å²) in [5.41, 5.74) is 1.20. The molecule has 5 heteroatoms. The number of halogens is 2. The molecule has 0 saturated heterocycles. The fourth-order valence-electron chi connectivity index (χ4n) is 2.21. The quantitative estimate of drug-likeness (QED) is 0.613. The van der Waals surface area contributed by atoms with Crippen molar-refractivity contribution >= 4 is 51.4 Å². The minimum Gasteiger partial charge on any atom is -0.307 e. The van der Waals surface area contributed by atoms with Crippen LogP contribution in [0.25, 0.3) is 10.8 Å². The second kappa shape index (κ2) is 6.26. The van der Waals surface area contributed by atoms with Gasteiger partial charge in [0.25, 0.3) is 0 Å². The smallest absolute Gasteiger partial charge is 0.307 e. The van der Waals surface area contributed by atoms with Crippen molar-refractivity contribution in [2.45, 2.75) is 0 Å². The average Bonchev–Trinajstić information content (AvgIpc) is 2.52. The number of carbonyl (C=O) groups is 1. The number of rotatable bonds is 2. The third-order valence-corrected chi connectivity index (χ3v) is 4.06. The molecule has 110 valence electrons. The number of amides is 2. The van der Waals surface area contributed by atoms with E-state index in [1.807, 2.05) is 42.5 Å². The lowest BCUT2D eigenvalue weighted by molar-refractivity contribution is 0.262. The maximum Gasteiger partial charge on any atom is 0.323 e. The van der Waals surface area contributed by atoms with Gasteiger partial charge < -0.3 is 10.6 Å². The lowest BCUT2D eigenvalue weighted by Crippen LogP contribution is -2.19. The van der Waals surface area contributed by atoms with Crippen LogP contribution in [0.5, 0.6) is 0 Å². The molecule has 3 rings (SSSR count). The van der Waals surface area contributed by atoms with Crippen LogP contribution in [0.1, 0.15) is 0 Å². The van der Waals surface area contributed by atoms with Crippen molar-refractivity contribution in [1.29, 1.82) is 0 Å². The van der Waals surface area contributed by atoms with Crippen LogP contribution in [0.3, 0.4) is 0 Å². The van der Waals surface area contributed by atoms with Crippen molar-refractivity contribution in [3.8, 4) is 0 Å². The van der Waals surface area contributed by atoms with E-state index >= 15 is 0 Å². The largest absolute Gasteiger partial charge is 0.323 e. The molecule has 0 aliphatic rings. The molecule has 0 fully saturated rings. The summed E-state index contributed by atoms with van der Waals surface area (Å²) >= 11 is 12.0. The molecule has 0 aliphatic carbocycles. The topological polar surface area (TPSA) is 41.1 Å². The van der Waals surface area contributed by atoms with E-state index in [0.29, 0.717) is 15.7 Å². The third-order valence-electron chi connectivity index (χ3n) is 3.24. The van der Waals surface area contributed by atoms with Gasteiger partial charge in [-0.2, -0.15) is 0 Å². The Morgan fingerprint density at radius 3 is 2.27 bits per heavy atom. The molecule has 0 atom stereocenters. The van der Waals surface area contributed by atoms with Crippen molar-refractivity contribution < 1.29 is 4.79 Å². The van der Waals surface area contributed by atoms with E-state index in [4.69, 9.17) is 23.2 Å². The van der Waals surface area contributed by atoms with Crippen LogP contribution in [-0.2, 0) is 0 Å². The normalized spacial score (nSPS) is 10.5. The summed E-state index contributed by atoms with van der Waals surface area (Å²) < 4.78 is 0. The lowest BCUT2D eigenvalue weighted by atomic mass is 10.1. The van der Waals surface area contributed by atoms with Gasteiger partial charge >= 0.3 is 6.03 Å². The van der Waals surface area contributed by atoms with E-state index in [1.165, 1.54) is 0 Å². The predicted molar refractivity (Wildman–Crippen MR) is 93.1 cm³/mol. The van der Waals surface area contributed by atoms with Crippen LogP contribution in [0.4, 0.5) is 16.2 Å². The summed E-state index contributed by atoms with van der Waals surface area (Å²) in [6.45, 7) is 0. The van der Waals surface area contributed by atoms with Gasteiger partial charge in [0.15, 0.2) is 0 Å². The van der Waals surface area contributed by atoms with E-state index in [-0.39, 0.29) is 6.03 Å². The number of benzene rings is 3. The van der Waals surface area contributed by atoms with E-state index < -0.39 is 0 Å². The van der Waals surface area contributed by atoms with Crippen molar-refractivity contribution in [1.82, 2.24) is 0 Å². The van der Waals surface area contributed by atoms with Crippen LogP contribution in [0.15, 0.2) is 60.7 Å². The predicted octanol–water partition coefficient (Wildman–Crippen LogP) is 5.79. The third kappa shape index (κ3) is 3.01. The highest BCUT2D eigenvalue weighted by Crippen LogP contribution is 2.30. The van der Waals surface area contributed by atoms with Gasteiger partial charge in [0.1, 0.15) is 0 Å². The van der Waals surface area contributed by atoms with Crippen LogP contribution in [-0.4, -0.2) is 6.03 Å². The Hall–Kier alpha value is -2.23. The zero-order valence-corrected chi connectivity index (χ0v) is 12.9. The Morgan fingerprint density at radius 2 is 1.41 bits per heavy atom. The fraction of sp³-hybridized carbons (Fsp3) is 0. The summed E-state index contributed by atoms with van der Waals surface area (Å²) in [5.74, 6) is 0. The maximum atomic E-state index is 12.2. The molecule has 0 bridgehead atoms. The molecule has 0 aliphatic heterocycles. The van der Waals surface area contributed by atoms with Crippen molar-refractivity contribution in [2.24, 2.45) is 0 Å². The molecule has 2 N–H and O–H groups in total. The molecule has 0 unspecified atom stereocenters. The fourth-order valence-corrected chi connectivity index (χ4v) is 2.56. The van der Waals surface area contributed by atoms with Crippen LogP contribution in [0.2, 0.25) is 10.0 Å². The first-order chi connectivity index (χ1) is 10.6. The highest BCUT2D eigenvalue weighted by Gasteiger charge is 2.09. The van der Waals surface area contributed by atoms with E-state index in [0.717, 1.165) is 16.5 Å². The Kier molecular flexibility index (Phi) is 4.18. The van der Waals surface area contributed by atoms with Crippen LogP contribution >= 0.6 is 23.2 Å². The maximum absolute atomic E-state index is 12.2. The second-order valence-electron chi connectivity index (χ2n) is 4.71. The SMILES string of the molecule is O=C(Nc1cccc(Cl)c1Cl)Nc1cccc2ccccc12. The molecule has 2 amide bonds. The number of hydrogen-bond acceptors (Lipinski definition) is 1. The number of urea groups is 1. The molecule has 0 radical (unpaired) electrons. The second-order valence-corrected chi connectivity index (χ2v) is 5.49. The standard InChI is InChI=1S/C17H12Cl2N2O/c18-13-8-4-10-15(16(13)19)21-17(22)20-14-9-3-6-11-5-1-2-7-12(11)14/h1-10H,(H2,20,21,22). The van der Waals surface area contributed by atoms with Gasteiger partial charge in [-0.05, 0) is 23.6 Å². The number of fused-ring (bicyclic) bond motifs is 1. The van der Waals surface area contributed by atoms with Crippen molar-refractivity contribution in [3.63, 3.8) is 0 Å². The van der Waals surface area contributed by atoms with E-state index in [2.05, 4.69) is 10.6 Å². The Bertz CT molecular complexity index is 844. The van der Waals surface area contributed by atoms with Crippen LogP contribution in [0, 0.1) is 0 Å². The zero-order valence-electron chi connectivity index (χ0n) is 11.4. The number of nitrogens with one attached hydrogen (secondary N) is 2. The minimum absolute atomic E-state index is 0.317. The van der Waals surface area contributed by atoms with Gasteiger partial charge in [0.05, 0.1) is 21.4 Å². The molecule has 0 aromatic heterocycles. The van der Waals surface area contributed by atoms with E-state index in [9.17, 15) is 4.79 Å². The van der Waals surface area contributed by atoms with Gasteiger partial charge in [0, 0.05) is 5.39 Å². The highest BCUT2D eigenvalue weighted by atomic mass is 35.5. The lowest BCUT2D eigenvalue weighted by Gasteiger charge is -2.11. The van der Waals surface area contributed by atoms with Crippen molar-refractivity contribution in [3.05, 3.63) is 70.7 Å². The number of hydrogen-bond donors (Lipinski definition) is 2. The summed E-state index contributed by atoms with van der Waals surface area (Å²) in [7, 11) is 0. The molecule has 3 aromatic carbocycles. The average molecular weight is 331 g/mol. The van der Waals surface area contributed by atoms with Crippen molar-refractivity contribution in [2.75, 3.05) is 10.6 Å². The molecule has 0 heterocycles. The summed E-state index contributed by atoms with van der Waals surface area (Å²) in [5, 5.41) is 8.26. The number of carbonyl (C=O) groups excluding carboxylic acids is 1. The molecular formula is C17H12Cl2N2O. The van der Waals surface area contributed by atoms with Gasteiger partial charge in [-0.1, -0.05) is 65.7 Å². The molecule has 0 saturated carbocycles. The monoisotopic (exact) mass is 330 g/mol. The number of anilines is 2.